The molecular weight excluding hydrogens is 208 g/mol. The molecule has 0 aliphatic heterocycles. The van der Waals surface area contributed by atoms with Crippen LogP contribution < -0.4 is 5.32 Å². The molecule has 2 N–H and O–H groups in total. The van der Waals surface area contributed by atoms with E-state index < -0.39 is 5.97 Å². The van der Waals surface area contributed by atoms with Crippen molar-refractivity contribution < 1.29 is 14.7 Å². The summed E-state index contributed by atoms with van der Waals surface area (Å²) in [6.45, 7) is 1.43. The fraction of sp³-hybridized carbons (Fsp3) is 0.818. The Labute approximate surface area is 95.8 Å². The third kappa shape index (κ3) is 3.20. The molecule has 0 unspecified atom stereocenters. The predicted molar refractivity (Wildman–Crippen MR) is 60.0 cm³/mol. The third-order valence-corrected chi connectivity index (χ3v) is 3.20. The van der Waals surface area contributed by atoms with Crippen LogP contribution in [0.25, 0.3) is 0 Å². The molecule has 1 rings (SSSR count). The summed E-state index contributed by atoms with van der Waals surface area (Å²) in [7, 11) is 3.61. The zero-order valence-electron chi connectivity index (χ0n) is 9.90. The number of carbonyl (C=O) groups excluding carboxylic acids is 1. The van der Waals surface area contributed by atoms with E-state index in [0.29, 0.717) is 25.8 Å². The van der Waals surface area contributed by atoms with Crippen molar-refractivity contribution in [1.29, 1.82) is 0 Å². The number of nitrogens with one attached hydrogen (secondary N) is 1. The van der Waals surface area contributed by atoms with E-state index >= 15 is 0 Å². The first-order chi connectivity index (χ1) is 7.56. The summed E-state index contributed by atoms with van der Waals surface area (Å²) in [4.78, 5) is 24.4. The Balaban J connectivity index is 2.41. The lowest BCUT2D eigenvalue weighted by molar-refractivity contribution is -0.141. The van der Waals surface area contributed by atoms with Crippen molar-refractivity contribution in [1.82, 2.24) is 10.2 Å². The summed E-state index contributed by atoms with van der Waals surface area (Å²) in [6, 6.07) is 0. The van der Waals surface area contributed by atoms with E-state index in [-0.39, 0.29) is 17.7 Å². The summed E-state index contributed by atoms with van der Waals surface area (Å²) in [5, 5.41) is 11.8. The molecule has 0 saturated heterocycles. The van der Waals surface area contributed by atoms with Crippen LogP contribution in [0.5, 0.6) is 0 Å². The smallest absolute Gasteiger partial charge is 0.306 e. The van der Waals surface area contributed by atoms with E-state index in [9.17, 15) is 9.59 Å². The molecule has 0 aromatic carbocycles. The van der Waals surface area contributed by atoms with Gasteiger partial charge in [-0.3, -0.25) is 9.59 Å². The number of hydrogen-bond acceptors (Lipinski definition) is 3. The largest absolute Gasteiger partial charge is 0.481 e. The normalized spacial score (nSPS) is 24.4. The molecular formula is C11H20N2O3. The first-order valence-corrected chi connectivity index (χ1v) is 5.68. The first-order valence-electron chi connectivity index (χ1n) is 5.68. The highest BCUT2D eigenvalue weighted by Gasteiger charge is 2.34. The predicted octanol–water partition coefficient (Wildman–Crippen LogP) is 0.165. The number of aliphatic carboxylic acids is 1. The van der Waals surface area contributed by atoms with Crippen LogP contribution in [0.15, 0.2) is 0 Å². The first kappa shape index (κ1) is 13.0. The summed E-state index contributed by atoms with van der Waals surface area (Å²) in [6.07, 6.45) is 1.84. The van der Waals surface area contributed by atoms with Crippen LogP contribution in [-0.4, -0.2) is 49.1 Å². The van der Waals surface area contributed by atoms with Gasteiger partial charge in [0.15, 0.2) is 0 Å². The molecule has 0 spiro atoms. The average Bonchev–Trinajstić information content (AvgIpc) is 2.74. The lowest BCUT2D eigenvalue weighted by Crippen LogP contribution is -2.36. The molecule has 2 atom stereocenters. The van der Waals surface area contributed by atoms with Gasteiger partial charge in [-0.1, -0.05) is 0 Å². The monoisotopic (exact) mass is 228 g/mol. The van der Waals surface area contributed by atoms with E-state index in [0.717, 1.165) is 6.54 Å². The Kier molecular flexibility index (Phi) is 4.73. The van der Waals surface area contributed by atoms with E-state index in [1.54, 1.807) is 11.9 Å². The minimum absolute atomic E-state index is 0.0824. The zero-order chi connectivity index (χ0) is 12.1. The number of carbonyl (C=O) groups is 2. The van der Waals surface area contributed by atoms with Gasteiger partial charge in [0.1, 0.15) is 0 Å². The van der Waals surface area contributed by atoms with Gasteiger partial charge in [0.25, 0.3) is 0 Å². The molecule has 0 heterocycles. The van der Waals surface area contributed by atoms with E-state index in [1.807, 2.05) is 7.05 Å². The van der Waals surface area contributed by atoms with Crippen molar-refractivity contribution in [3.8, 4) is 0 Å². The van der Waals surface area contributed by atoms with Gasteiger partial charge in [0.2, 0.25) is 5.91 Å². The van der Waals surface area contributed by atoms with Gasteiger partial charge in [-0.2, -0.15) is 0 Å². The molecule has 1 aliphatic rings. The van der Waals surface area contributed by atoms with Gasteiger partial charge in [-0.25, -0.2) is 0 Å². The van der Waals surface area contributed by atoms with Crippen molar-refractivity contribution in [2.75, 3.05) is 27.2 Å². The third-order valence-electron chi connectivity index (χ3n) is 3.20. The van der Waals surface area contributed by atoms with Crippen LogP contribution in [0.1, 0.15) is 19.3 Å². The molecule has 16 heavy (non-hydrogen) atoms. The molecule has 0 aromatic rings. The Morgan fingerprint density at radius 2 is 2.00 bits per heavy atom. The number of hydrogen-bond donors (Lipinski definition) is 2. The van der Waals surface area contributed by atoms with Gasteiger partial charge in [-0.15, -0.1) is 0 Å². The molecule has 0 bridgehead atoms. The second-order valence-corrected chi connectivity index (χ2v) is 4.41. The maximum absolute atomic E-state index is 11.9. The molecule has 1 fully saturated rings. The average molecular weight is 228 g/mol. The molecule has 1 amide bonds. The molecule has 92 valence electrons. The second kappa shape index (κ2) is 5.84. The van der Waals surface area contributed by atoms with Crippen LogP contribution in [0.4, 0.5) is 0 Å². The van der Waals surface area contributed by atoms with E-state index in [4.69, 9.17) is 5.11 Å². The minimum atomic E-state index is -0.770. The van der Waals surface area contributed by atoms with Crippen molar-refractivity contribution in [3.63, 3.8) is 0 Å². The topological polar surface area (TPSA) is 69.6 Å². The van der Waals surface area contributed by atoms with Crippen LogP contribution in [0.2, 0.25) is 0 Å². The molecule has 0 aromatic heterocycles. The Bertz CT molecular complexity index is 268. The Morgan fingerprint density at radius 3 is 2.50 bits per heavy atom. The minimum Gasteiger partial charge on any atom is -0.481 e. The van der Waals surface area contributed by atoms with Gasteiger partial charge in [0, 0.05) is 26.1 Å². The summed E-state index contributed by atoms with van der Waals surface area (Å²) >= 11 is 0. The number of amides is 1. The van der Waals surface area contributed by atoms with Crippen molar-refractivity contribution in [2.45, 2.75) is 19.3 Å². The quantitative estimate of drug-likeness (QED) is 0.703. The molecule has 1 saturated carbocycles. The maximum atomic E-state index is 11.9. The number of rotatable bonds is 5. The van der Waals surface area contributed by atoms with E-state index in [2.05, 4.69) is 5.32 Å². The number of nitrogens with zero attached hydrogens (tertiary/aromatic N) is 1. The highest BCUT2D eigenvalue weighted by atomic mass is 16.4. The summed E-state index contributed by atoms with van der Waals surface area (Å²) in [5.41, 5.74) is 0. The van der Waals surface area contributed by atoms with Crippen LogP contribution in [0, 0.1) is 11.8 Å². The van der Waals surface area contributed by atoms with Crippen molar-refractivity contribution in [3.05, 3.63) is 0 Å². The fourth-order valence-electron chi connectivity index (χ4n) is 2.13. The molecule has 0 radical (unpaired) electrons. The van der Waals surface area contributed by atoms with Crippen molar-refractivity contribution >= 4 is 11.9 Å². The molecule has 5 nitrogen and oxygen atoms in total. The van der Waals surface area contributed by atoms with Crippen molar-refractivity contribution in [2.24, 2.45) is 11.8 Å². The highest BCUT2D eigenvalue weighted by Crippen LogP contribution is 2.32. The lowest BCUT2D eigenvalue weighted by Gasteiger charge is -2.20. The number of likely N-dealkylation sites (N-methyl/N-ethyl adjacent to an activating group) is 2. The van der Waals surface area contributed by atoms with Gasteiger partial charge >= 0.3 is 5.97 Å². The SMILES string of the molecule is CNCCN(C)C(=O)[C@@H]1CC[C@H](C(=O)O)C1. The van der Waals surface area contributed by atoms with Gasteiger partial charge in [0.05, 0.1) is 5.92 Å². The molecule has 5 heteroatoms. The second-order valence-electron chi connectivity index (χ2n) is 4.41. The lowest BCUT2D eigenvalue weighted by atomic mass is 10.0. The fourth-order valence-corrected chi connectivity index (χ4v) is 2.13. The molecule has 1 aliphatic carbocycles. The zero-order valence-corrected chi connectivity index (χ0v) is 9.90. The maximum Gasteiger partial charge on any atom is 0.306 e. The number of carboxylic acids is 1. The highest BCUT2D eigenvalue weighted by molar-refractivity contribution is 5.80. The summed E-state index contributed by atoms with van der Waals surface area (Å²) < 4.78 is 0. The Hall–Kier alpha value is -1.10. The van der Waals surface area contributed by atoms with Gasteiger partial charge in [-0.05, 0) is 26.3 Å². The number of carboxylic acid groups (broad SMARTS) is 1. The summed E-state index contributed by atoms with van der Waals surface area (Å²) in [5.74, 6) is -1.11. The van der Waals surface area contributed by atoms with Crippen LogP contribution in [-0.2, 0) is 9.59 Å². The standard InChI is InChI=1S/C11H20N2O3/c1-12-5-6-13(2)10(14)8-3-4-9(7-8)11(15)16/h8-9,12H,3-7H2,1-2H3,(H,15,16)/t8-,9+/m1/s1. The van der Waals surface area contributed by atoms with Crippen LogP contribution in [0.3, 0.4) is 0 Å². The van der Waals surface area contributed by atoms with E-state index in [1.165, 1.54) is 0 Å². The van der Waals surface area contributed by atoms with Crippen LogP contribution >= 0.6 is 0 Å². The van der Waals surface area contributed by atoms with Gasteiger partial charge < -0.3 is 15.3 Å². The Morgan fingerprint density at radius 1 is 1.38 bits per heavy atom.